The van der Waals surface area contributed by atoms with Gasteiger partial charge in [0.1, 0.15) is 23.4 Å². The zero-order chi connectivity index (χ0) is 28.2. The highest BCUT2D eigenvalue weighted by Crippen LogP contribution is 2.32. The maximum atomic E-state index is 13.8. The van der Waals surface area contributed by atoms with Gasteiger partial charge in [-0.15, -0.1) is 6.58 Å². The van der Waals surface area contributed by atoms with E-state index in [4.69, 9.17) is 10.5 Å². The molecule has 0 saturated carbocycles. The summed E-state index contributed by atoms with van der Waals surface area (Å²) in [5.41, 5.74) is 5.24. The zero-order valence-electron chi connectivity index (χ0n) is 22.6. The number of hydrogen-bond donors (Lipinski definition) is 4. The number of nitrogens with zero attached hydrogens (tertiary/aromatic N) is 1. The van der Waals surface area contributed by atoms with Crippen LogP contribution in [0.2, 0.25) is 0 Å². The second-order valence-electron chi connectivity index (χ2n) is 9.90. The summed E-state index contributed by atoms with van der Waals surface area (Å²) in [5, 5.41) is 16.2. The van der Waals surface area contributed by atoms with Gasteiger partial charge in [0.15, 0.2) is 0 Å². The number of nitrogens with one attached hydrogen (secondary N) is 2. The summed E-state index contributed by atoms with van der Waals surface area (Å²) in [4.78, 5) is 52.5. The number of aromatic hydroxyl groups is 1. The van der Waals surface area contributed by atoms with Gasteiger partial charge in [0.2, 0.25) is 17.7 Å². The monoisotopic (exact) mass is 518 g/mol. The Bertz CT molecular complexity index is 957. The van der Waals surface area contributed by atoms with Crippen LogP contribution in [0, 0.1) is 6.92 Å². The first-order valence-electron chi connectivity index (χ1n) is 12.6. The number of unbranched alkanes of at least 4 members (excludes halogenated alkanes) is 2. The normalized spacial score (nSPS) is 12.7. The number of ether oxygens (including phenoxy) is 1. The number of phenols is 1. The Morgan fingerprint density at radius 3 is 2.46 bits per heavy atom. The minimum absolute atomic E-state index is 0.0671. The quantitative estimate of drug-likeness (QED) is 0.219. The number of phenolic OH excluding ortho intramolecular Hbond substituents is 1. The average molecular weight is 519 g/mol. The third-order valence-electron chi connectivity index (χ3n) is 5.48. The maximum absolute atomic E-state index is 13.8. The lowest BCUT2D eigenvalue weighted by Gasteiger charge is -2.34. The van der Waals surface area contributed by atoms with Crippen LogP contribution in [0.15, 0.2) is 30.9 Å². The fourth-order valence-corrected chi connectivity index (χ4v) is 3.69. The minimum atomic E-state index is -1.22. The number of carbonyl (C=O) groups excluding carboxylic acids is 4. The van der Waals surface area contributed by atoms with Gasteiger partial charge in [0.25, 0.3) is 0 Å². The Morgan fingerprint density at radius 1 is 1.22 bits per heavy atom. The van der Waals surface area contributed by atoms with Crippen LogP contribution in [-0.4, -0.2) is 58.6 Å². The molecule has 1 aromatic rings. The molecule has 1 rings (SSSR count). The molecule has 0 radical (unpaired) electrons. The molecule has 0 saturated heterocycles. The molecule has 5 N–H and O–H groups in total. The number of rotatable bonds is 14. The first kappa shape index (κ1) is 31.5. The van der Waals surface area contributed by atoms with Gasteiger partial charge in [0.05, 0.1) is 0 Å². The standard InChI is InChI=1S/C27H42N4O6/c1-7-9-10-16-29-24(34)22(19-13-11-12-18(3)23(19)33)31(17-8-2)25(35)20(14-15-21(28)32)30-26(36)37-27(4,5)6/h8,11-13,20,22,33H,2,7,9-10,14-17H2,1,3-6H3,(H2,28,32)(H,29,34)(H,30,36). The highest BCUT2D eigenvalue weighted by molar-refractivity contribution is 5.93. The van der Waals surface area contributed by atoms with Crippen LogP contribution in [0.4, 0.5) is 4.79 Å². The van der Waals surface area contributed by atoms with Crippen LogP contribution in [0.25, 0.3) is 0 Å². The van der Waals surface area contributed by atoms with Crippen molar-refractivity contribution in [3.05, 3.63) is 42.0 Å². The molecule has 2 unspecified atom stereocenters. The molecular weight excluding hydrogens is 476 g/mol. The van der Waals surface area contributed by atoms with E-state index >= 15 is 0 Å². The van der Waals surface area contributed by atoms with Crippen LogP contribution in [0.3, 0.4) is 0 Å². The van der Waals surface area contributed by atoms with Crippen LogP contribution in [-0.2, 0) is 19.1 Å². The summed E-state index contributed by atoms with van der Waals surface area (Å²) in [6.07, 6.45) is 2.95. The topological polar surface area (TPSA) is 151 Å². The van der Waals surface area contributed by atoms with E-state index in [-0.39, 0.29) is 30.7 Å². The number of amides is 4. The molecule has 1 aromatic carbocycles. The molecule has 4 amide bonds. The number of carbonyl (C=O) groups is 4. The van der Waals surface area contributed by atoms with Crippen molar-refractivity contribution in [1.82, 2.24) is 15.5 Å². The molecule has 0 spiro atoms. The van der Waals surface area contributed by atoms with E-state index in [0.29, 0.717) is 12.1 Å². The lowest BCUT2D eigenvalue weighted by molar-refractivity contribution is -0.142. The van der Waals surface area contributed by atoms with E-state index in [1.807, 2.05) is 6.92 Å². The molecular formula is C27H42N4O6. The fourth-order valence-electron chi connectivity index (χ4n) is 3.69. The van der Waals surface area contributed by atoms with Crippen molar-refractivity contribution in [3.63, 3.8) is 0 Å². The molecule has 2 atom stereocenters. The Kier molecular flexibility index (Phi) is 12.6. The number of para-hydroxylation sites is 1. The summed E-state index contributed by atoms with van der Waals surface area (Å²) in [6, 6.07) is 2.51. The zero-order valence-corrected chi connectivity index (χ0v) is 22.6. The molecule has 37 heavy (non-hydrogen) atoms. The lowest BCUT2D eigenvalue weighted by Crippen LogP contribution is -2.53. The molecule has 0 aliphatic heterocycles. The van der Waals surface area contributed by atoms with Gasteiger partial charge >= 0.3 is 6.09 Å². The molecule has 10 nitrogen and oxygen atoms in total. The van der Waals surface area contributed by atoms with E-state index < -0.39 is 41.5 Å². The third-order valence-corrected chi connectivity index (χ3v) is 5.48. The van der Waals surface area contributed by atoms with E-state index in [2.05, 4.69) is 17.2 Å². The van der Waals surface area contributed by atoms with Crippen LogP contribution in [0.5, 0.6) is 5.75 Å². The average Bonchev–Trinajstić information content (AvgIpc) is 2.80. The smallest absolute Gasteiger partial charge is 0.408 e. The van der Waals surface area contributed by atoms with E-state index in [1.165, 1.54) is 11.0 Å². The van der Waals surface area contributed by atoms with Gasteiger partial charge in [0, 0.05) is 25.1 Å². The van der Waals surface area contributed by atoms with Crippen molar-refractivity contribution < 1.29 is 29.0 Å². The van der Waals surface area contributed by atoms with Crippen molar-refractivity contribution in [3.8, 4) is 5.75 Å². The molecule has 0 fully saturated rings. The fraction of sp³-hybridized carbons (Fsp3) is 0.556. The van der Waals surface area contributed by atoms with Gasteiger partial charge in [-0.3, -0.25) is 14.4 Å². The van der Waals surface area contributed by atoms with Crippen LogP contribution in [0.1, 0.15) is 77.0 Å². The summed E-state index contributed by atoms with van der Waals surface area (Å²) in [7, 11) is 0. The predicted molar refractivity (Wildman–Crippen MR) is 142 cm³/mol. The summed E-state index contributed by atoms with van der Waals surface area (Å²) >= 11 is 0. The Morgan fingerprint density at radius 2 is 1.89 bits per heavy atom. The Balaban J connectivity index is 3.46. The summed E-state index contributed by atoms with van der Waals surface area (Å²) in [6.45, 7) is 12.8. The first-order valence-corrected chi connectivity index (χ1v) is 12.6. The number of benzene rings is 1. The SMILES string of the molecule is C=CCN(C(=O)C(CCC(N)=O)NC(=O)OC(C)(C)C)C(C(=O)NCCCCC)c1cccc(C)c1O. The largest absolute Gasteiger partial charge is 0.507 e. The van der Waals surface area contributed by atoms with E-state index in [1.54, 1.807) is 45.9 Å². The second kappa shape index (κ2) is 14.9. The van der Waals surface area contributed by atoms with Crippen LogP contribution >= 0.6 is 0 Å². The Labute approximate surface area is 219 Å². The van der Waals surface area contributed by atoms with Crippen molar-refractivity contribution in [2.75, 3.05) is 13.1 Å². The third kappa shape index (κ3) is 10.5. The number of primary amides is 1. The molecule has 206 valence electrons. The molecule has 0 bridgehead atoms. The van der Waals surface area contributed by atoms with Crippen molar-refractivity contribution in [1.29, 1.82) is 0 Å². The predicted octanol–water partition coefficient (Wildman–Crippen LogP) is 3.22. The summed E-state index contributed by atoms with van der Waals surface area (Å²) in [5.74, 6) is -1.91. The van der Waals surface area contributed by atoms with E-state index in [0.717, 1.165) is 19.3 Å². The van der Waals surface area contributed by atoms with Gasteiger partial charge in [-0.2, -0.15) is 0 Å². The second-order valence-corrected chi connectivity index (χ2v) is 9.90. The van der Waals surface area contributed by atoms with Crippen molar-refractivity contribution in [2.24, 2.45) is 5.73 Å². The van der Waals surface area contributed by atoms with Gasteiger partial charge in [-0.05, 0) is 46.1 Å². The minimum Gasteiger partial charge on any atom is -0.507 e. The van der Waals surface area contributed by atoms with Crippen molar-refractivity contribution >= 4 is 23.8 Å². The van der Waals surface area contributed by atoms with Gasteiger partial charge in [-0.1, -0.05) is 44.0 Å². The summed E-state index contributed by atoms with van der Waals surface area (Å²) < 4.78 is 5.29. The van der Waals surface area contributed by atoms with Gasteiger partial charge < -0.3 is 31.1 Å². The first-order chi connectivity index (χ1) is 17.3. The number of hydrogen-bond acceptors (Lipinski definition) is 6. The number of nitrogens with two attached hydrogens (primary N) is 1. The highest BCUT2D eigenvalue weighted by atomic mass is 16.6. The molecule has 0 aliphatic carbocycles. The number of aryl methyl sites for hydroxylation is 1. The molecule has 10 heteroatoms. The molecule has 0 aliphatic rings. The highest BCUT2D eigenvalue weighted by Gasteiger charge is 2.37. The Hall–Kier alpha value is -3.56. The number of alkyl carbamates (subject to hydrolysis) is 1. The molecule has 0 heterocycles. The van der Waals surface area contributed by atoms with Crippen molar-refractivity contribution in [2.45, 2.75) is 84.4 Å². The van der Waals surface area contributed by atoms with Gasteiger partial charge in [-0.25, -0.2) is 4.79 Å². The van der Waals surface area contributed by atoms with Crippen LogP contribution < -0.4 is 16.4 Å². The van der Waals surface area contributed by atoms with E-state index in [9.17, 15) is 24.3 Å². The maximum Gasteiger partial charge on any atom is 0.408 e. The molecule has 0 aromatic heterocycles. The lowest BCUT2D eigenvalue weighted by atomic mass is 9.98.